The number of nitrogens with one attached hydrogen (secondary N) is 1. The number of carbonyl (C=O) groups is 1. The van der Waals surface area contributed by atoms with Crippen molar-refractivity contribution in [3.05, 3.63) is 29.1 Å². The number of fused-ring (bicyclic) bond motifs is 1. The Kier molecular flexibility index (Phi) is 3.93. The fourth-order valence-electron chi connectivity index (χ4n) is 2.38. The molecule has 0 spiro atoms. The van der Waals surface area contributed by atoms with Crippen molar-refractivity contribution < 1.29 is 23.4 Å². The normalized spacial score (nSPS) is 21.0. The average Bonchev–Trinajstić information content (AvgIpc) is 2.65. The van der Waals surface area contributed by atoms with Gasteiger partial charge in [0.2, 0.25) is 0 Å². The van der Waals surface area contributed by atoms with Crippen LogP contribution in [0.4, 0.5) is 19.3 Å². The van der Waals surface area contributed by atoms with Crippen LogP contribution in [-0.2, 0) is 17.6 Å². The van der Waals surface area contributed by atoms with Crippen LogP contribution in [0.5, 0.6) is 0 Å². The third-order valence-electron chi connectivity index (χ3n) is 3.22. The summed E-state index contributed by atoms with van der Waals surface area (Å²) in [4.78, 5) is 11.7. The minimum Gasteiger partial charge on any atom is -0.444 e. The molecule has 1 unspecified atom stereocenters. The van der Waals surface area contributed by atoms with Gasteiger partial charge in [0.1, 0.15) is 17.1 Å². The van der Waals surface area contributed by atoms with E-state index >= 15 is 0 Å². The molecule has 4 nitrogen and oxygen atoms in total. The van der Waals surface area contributed by atoms with Crippen molar-refractivity contribution in [1.29, 1.82) is 0 Å². The number of ether oxygens (including phenoxy) is 1. The van der Waals surface area contributed by atoms with E-state index in [1.165, 1.54) is 6.07 Å². The monoisotopic (exact) mass is 299 g/mol. The molecular formula is C15H19F2NO3. The molecule has 2 N–H and O–H groups in total. The van der Waals surface area contributed by atoms with Gasteiger partial charge in [-0.2, -0.15) is 0 Å². The fraction of sp³-hybridized carbons (Fsp3) is 0.533. The smallest absolute Gasteiger partial charge is 0.412 e. The summed E-state index contributed by atoms with van der Waals surface area (Å²) < 4.78 is 33.2. The number of halogens is 2. The lowest BCUT2D eigenvalue weighted by Gasteiger charge is -2.19. The highest BCUT2D eigenvalue weighted by molar-refractivity contribution is 5.85. The number of benzene rings is 1. The summed E-state index contributed by atoms with van der Waals surface area (Å²) in [7, 11) is 0. The van der Waals surface area contributed by atoms with Crippen LogP contribution in [-0.4, -0.2) is 29.1 Å². The number of aliphatic hydroxyl groups excluding tert-OH is 1. The second-order valence-corrected chi connectivity index (χ2v) is 6.39. The molecule has 0 bridgehead atoms. The number of aliphatic hydroxyl groups is 1. The minimum atomic E-state index is -1.83. The number of anilines is 1. The SMILES string of the molecule is CC(C)(C)OC(=O)Nc1cc(F)c2c(c1)CC(F)(CO)C2. The first-order valence-electron chi connectivity index (χ1n) is 6.73. The molecule has 0 aliphatic heterocycles. The molecule has 1 aliphatic carbocycles. The van der Waals surface area contributed by atoms with Gasteiger partial charge in [0.25, 0.3) is 0 Å². The summed E-state index contributed by atoms with van der Waals surface area (Å²) in [5.74, 6) is -0.591. The zero-order valence-corrected chi connectivity index (χ0v) is 12.3. The molecule has 0 saturated carbocycles. The molecule has 6 heteroatoms. The van der Waals surface area contributed by atoms with Crippen LogP contribution in [0.25, 0.3) is 0 Å². The van der Waals surface area contributed by atoms with Gasteiger partial charge in [-0.15, -0.1) is 0 Å². The molecule has 0 fully saturated rings. The van der Waals surface area contributed by atoms with Crippen LogP contribution in [0.3, 0.4) is 0 Å². The van der Waals surface area contributed by atoms with E-state index < -0.39 is 29.8 Å². The van der Waals surface area contributed by atoms with E-state index in [0.29, 0.717) is 5.56 Å². The Hall–Kier alpha value is -1.69. The molecule has 1 amide bonds. The van der Waals surface area contributed by atoms with Gasteiger partial charge in [-0.3, -0.25) is 5.32 Å². The maximum absolute atomic E-state index is 14.1. The molecule has 0 heterocycles. The van der Waals surface area contributed by atoms with Crippen molar-refractivity contribution in [3.63, 3.8) is 0 Å². The Bertz CT molecular complexity index is 569. The summed E-state index contributed by atoms with van der Waals surface area (Å²) in [6.07, 6.45) is -0.926. The second kappa shape index (κ2) is 5.26. The molecule has 1 aliphatic rings. The first kappa shape index (κ1) is 15.7. The Morgan fingerprint density at radius 3 is 2.67 bits per heavy atom. The molecule has 0 radical (unpaired) electrons. The van der Waals surface area contributed by atoms with E-state index in [4.69, 9.17) is 9.84 Å². The Morgan fingerprint density at radius 2 is 2.10 bits per heavy atom. The topological polar surface area (TPSA) is 58.6 Å². The largest absolute Gasteiger partial charge is 0.444 e. The van der Waals surface area contributed by atoms with Crippen molar-refractivity contribution in [3.8, 4) is 0 Å². The van der Waals surface area contributed by atoms with Crippen molar-refractivity contribution in [1.82, 2.24) is 0 Å². The van der Waals surface area contributed by atoms with Gasteiger partial charge in [0, 0.05) is 18.5 Å². The number of amides is 1. The van der Waals surface area contributed by atoms with E-state index in [-0.39, 0.29) is 24.1 Å². The number of rotatable bonds is 2. The number of carbonyl (C=O) groups excluding carboxylic acids is 1. The minimum absolute atomic E-state index is 0.0698. The first-order valence-corrected chi connectivity index (χ1v) is 6.73. The zero-order valence-electron chi connectivity index (χ0n) is 12.3. The lowest BCUT2D eigenvalue weighted by molar-refractivity contribution is 0.0636. The third-order valence-corrected chi connectivity index (χ3v) is 3.22. The van der Waals surface area contributed by atoms with Gasteiger partial charge in [0.15, 0.2) is 0 Å². The number of hydrogen-bond donors (Lipinski definition) is 2. The standard InChI is InChI=1S/C15H19F2NO3/c1-14(2,3)21-13(20)18-10-4-9-6-15(17,8-19)7-11(9)12(16)5-10/h4-5,19H,6-8H2,1-3H3,(H,18,20). The molecule has 1 atom stereocenters. The molecule has 21 heavy (non-hydrogen) atoms. The van der Waals surface area contributed by atoms with Crippen LogP contribution in [0.2, 0.25) is 0 Å². The Morgan fingerprint density at radius 1 is 1.43 bits per heavy atom. The van der Waals surface area contributed by atoms with Crippen LogP contribution in [0.1, 0.15) is 31.9 Å². The fourth-order valence-corrected chi connectivity index (χ4v) is 2.38. The molecule has 1 aromatic rings. The van der Waals surface area contributed by atoms with Gasteiger partial charge < -0.3 is 9.84 Å². The van der Waals surface area contributed by atoms with Crippen LogP contribution < -0.4 is 5.32 Å². The lowest BCUT2D eigenvalue weighted by Crippen LogP contribution is -2.28. The highest BCUT2D eigenvalue weighted by atomic mass is 19.1. The average molecular weight is 299 g/mol. The van der Waals surface area contributed by atoms with Gasteiger partial charge in [-0.1, -0.05) is 0 Å². The molecule has 116 valence electrons. The number of hydrogen-bond acceptors (Lipinski definition) is 3. The predicted octanol–water partition coefficient (Wildman–Crippen LogP) is 2.97. The van der Waals surface area contributed by atoms with Crippen molar-refractivity contribution in [2.45, 2.75) is 44.9 Å². The Balaban J connectivity index is 2.17. The zero-order chi connectivity index (χ0) is 15.8. The van der Waals surface area contributed by atoms with Gasteiger partial charge in [0.05, 0.1) is 6.61 Å². The summed E-state index contributed by atoms with van der Waals surface area (Å²) in [5.41, 5.74) is -1.57. The quantitative estimate of drug-likeness (QED) is 0.882. The van der Waals surface area contributed by atoms with Crippen LogP contribution >= 0.6 is 0 Å². The van der Waals surface area contributed by atoms with E-state index in [1.807, 2.05) is 0 Å². The lowest BCUT2D eigenvalue weighted by atomic mass is 10.0. The van der Waals surface area contributed by atoms with E-state index in [1.54, 1.807) is 20.8 Å². The van der Waals surface area contributed by atoms with Crippen molar-refractivity contribution >= 4 is 11.8 Å². The van der Waals surface area contributed by atoms with E-state index in [9.17, 15) is 13.6 Å². The summed E-state index contributed by atoms with van der Waals surface area (Å²) in [5, 5.41) is 11.5. The molecular weight excluding hydrogens is 280 g/mol. The third kappa shape index (κ3) is 3.69. The maximum Gasteiger partial charge on any atom is 0.412 e. The first-order chi connectivity index (χ1) is 9.62. The highest BCUT2D eigenvalue weighted by Crippen LogP contribution is 2.36. The second-order valence-electron chi connectivity index (χ2n) is 6.39. The summed E-state index contributed by atoms with van der Waals surface area (Å²) in [6, 6.07) is 2.64. The Labute approximate surface area is 122 Å². The van der Waals surface area contributed by atoms with Crippen LogP contribution in [0, 0.1) is 5.82 Å². The van der Waals surface area contributed by atoms with Crippen molar-refractivity contribution in [2.75, 3.05) is 11.9 Å². The van der Waals surface area contributed by atoms with Gasteiger partial charge in [-0.05, 0) is 44.0 Å². The predicted molar refractivity (Wildman–Crippen MR) is 74.6 cm³/mol. The molecule has 1 aromatic carbocycles. The maximum atomic E-state index is 14.1. The molecule has 2 rings (SSSR count). The number of alkyl halides is 1. The summed E-state index contributed by atoms with van der Waals surface area (Å²) in [6.45, 7) is 4.49. The van der Waals surface area contributed by atoms with Gasteiger partial charge >= 0.3 is 6.09 Å². The van der Waals surface area contributed by atoms with E-state index in [2.05, 4.69) is 5.32 Å². The van der Waals surface area contributed by atoms with Crippen molar-refractivity contribution in [2.24, 2.45) is 0 Å². The van der Waals surface area contributed by atoms with E-state index in [0.717, 1.165) is 6.07 Å². The molecule has 0 aromatic heterocycles. The van der Waals surface area contributed by atoms with Gasteiger partial charge in [-0.25, -0.2) is 13.6 Å². The highest BCUT2D eigenvalue weighted by Gasteiger charge is 2.38. The summed E-state index contributed by atoms with van der Waals surface area (Å²) >= 11 is 0. The molecule has 0 saturated heterocycles. The van der Waals surface area contributed by atoms with Crippen LogP contribution in [0.15, 0.2) is 12.1 Å².